The molecule has 1 aromatic carbocycles. The third-order valence-electron chi connectivity index (χ3n) is 8.04. The lowest BCUT2D eigenvalue weighted by Crippen LogP contribution is -2.42. The van der Waals surface area contributed by atoms with E-state index in [1.807, 2.05) is 26.0 Å². The first-order chi connectivity index (χ1) is 18.1. The Hall–Kier alpha value is -2.51. The minimum atomic E-state index is -0.143. The summed E-state index contributed by atoms with van der Waals surface area (Å²) in [6.45, 7) is 11.3. The van der Waals surface area contributed by atoms with Crippen LogP contribution < -0.4 is 15.8 Å². The van der Waals surface area contributed by atoms with Gasteiger partial charge in [-0.2, -0.15) is 0 Å². The van der Waals surface area contributed by atoms with Gasteiger partial charge < -0.3 is 20.1 Å². The summed E-state index contributed by atoms with van der Waals surface area (Å²) >= 11 is 1.69. The summed E-state index contributed by atoms with van der Waals surface area (Å²) in [5, 5.41) is 5.23. The first kappa shape index (κ1) is 30.0. The van der Waals surface area contributed by atoms with Gasteiger partial charge in [0.25, 0.3) is 11.5 Å². The van der Waals surface area contributed by atoms with Crippen LogP contribution in [0, 0.1) is 20.8 Å². The largest absolute Gasteiger partial charge is 0.369 e. The molecule has 1 aromatic heterocycles. The van der Waals surface area contributed by atoms with Crippen molar-refractivity contribution in [3.63, 3.8) is 0 Å². The molecule has 7 heteroatoms. The van der Waals surface area contributed by atoms with Crippen LogP contribution in [0.3, 0.4) is 0 Å². The fourth-order valence-corrected chi connectivity index (χ4v) is 6.38. The van der Waals surface area contributed by atoms with E-state index >= 15 is 0 Å². The molecule has 1 fully saturated rings. The lowest BCUT2D eigenvalue weighted by molar-refractivity contribution is 0.0950. The van der Waals surface area contributed by atoms with Gasteiger partial charge in [0, 0.05) is 47.7 Å². The molecule has 208 valence electrons. The Bertz CT molecular complexity index is 1210. The van der Waals surface area contributed by atoms with Crippen LogP contribution in [0.5, 0.6) is 0 Å². The Labute approximate surface area is 233 Å². The maximum Gasteiger partial charge on any atom is 0.253 e. The number of carbonyl (C=O) groups is 1. The number of hydrogen-bond acceptors (Lipinski definition) is 5. The molecule has 0 unspecified atom stereocenters. The summed E-state index contributed by atoms with van der Waals surface area (Å²) in [4.78, 5) is 33.9. The maximum absolute atomic E-state index is 13.6. The van der Waals surface area contributed by atoms with Gasteiger partial charge >= 0.3 is 0 Å². The number of thioether (sulfide) groups is 1. The lowest BCUT2D eigenvalue weighted by Gasteiger charge is -2.40. The number of aromatic amines is 1. The van der Waals surface area contributed by atoms with E-state index in [1.165, 1.54) is 18.4 Å². The molecule has 1 saturated carbocycles. The SMILES string of the molecule is CC/C(=C\SC)c1cc(C(=O)NCc2c(C)cc(C)[nH]c2=O)c(C)c(N(CC)C2CCC(N(C)C)CC2)c1. The maximum atomic E-state index is 13.6. The Morgan fingerprint density at radius 2 is 1.74 bits per heavy atom. The molecule has 2 aromatic rings. The average Bonchev–Trinajstić information content (AvgIpc) is 2.88. The summed E-state index contributed by atoms with van der Waals surface area (Å²) < 4.78 is 0. The van der Waals surface area contributed by atoms with E-state index in [-0.39, 0.29) is 18.0 Å². The number of carbonyl (C=O) groups excluding carboxylic acids is 1. The van der Waals surface area contributed by atoms with Crippen LogP contribution in [-0.2, 0) is 6.54 Å². The second-order valence-corrected chi connectivity index (χ2v) is 11.4. The molecule has 0 saturated heterocycles. The van der Waals surface area contributed by atoms with Crippen molar-refractivity contribution in [3.05, 3.63) is 67.5 Å². The Kier molecular flexibility index (Phi) is 10.7. The van der Waals surface area contributed by atoms with Crippen molar-refractivity contribution in [1.82, 2.24) is 15.2 Å². The van der Waals surface area contributed by atoms with E-state index in [2.05, 4.69) is 72.7 Å². The first-order valence-corrected chi connectivity index (χ1v) is 15.2. The molecule has 38 heavy (non-hydrogen) atoms. The Balaban J connectivity index is 1.99. The summed E-state index contributed by atoms with van der Waals surface area (Å²) in [7, 11) is 4.36. The third kappa shape index (κ3) is 6.92. The number of benzene rings is 1. The number of rotatable bonds is 10. The van der Waals surface area contributed by atoms with Gasteiger partial charge in [-0.15, -0.1) is 11.8 Å². The zero-order valence-corrected chi connectivity index (χ0v) is 25.3. The highest BCUT2D eigenvalue weighted by atomic mass is 32.2. The van der Waals surface area contributed by atoms with E-state index in [9.17, 15) is 9.59 Å². The van der Waals surface area contributed by atoms with Gasteiger partial charge in [-0.3, -0.25) is 9.59 Å². The number of amides is 1. The van der Waals surface area contributed by atoms with Crippen molar-refractivity contribution in [2.45, 2.75) is 85.4 Å². The number of nitrogens with one attached hydrogen (secondary N) is 2. The molecule has 1 heterocycles. The molecule has 0 aliphatic heterocycles. The fraction of sp³-hybridized carbons (Fsp3) is 0.548. The van der Waals surface area contributed by atoms with Crippen LogP contribution in [-0.4, -0.2) is 54.8 Å². The van der Waals surface area contributed by atoms with E-state index in [0.717, 1.165) is 53.9 Å². The van der Waals surface area contributed by atoms with Crippen molar-refractivity contribution < 1.29 is 4.79 Å². The molecule has 0 spiro atoms. The topological polar surface area (TPSA) is 68.4 Å². The first-order valence-electron chi connectivity index (χ1n) is 13.9. The third-order valence-corrected chi connectivity index (χ3v) is 8.56. The van der Waals surface area contributed by atoms with Crippen molar-refractivity contribution in [1.29, 1.82) is 0 Å². The molecular formula is C31H46N4O2S. The molecule has 0 radical (unpaired) electrons. The highest BCUT2D eigenvalue weighted by molar-refractivity contribution is 8.01. The van der Waals surface area contributed by atoms with E-state index in [0.29, 0.717) is 23.2 Å². The van der Waals surface area contributed by atoms with Crippen LogP contribution in [0.15, 0.2) is 28.4 Å². The van der Waals surface area contributed by atoms with Crippen LogP contribution in [0.4, 0.5) is 5.69 Å². The van der Waals surface area contributed by atoms with Crippen molar-refractivity contribution >= 4 is 28.9 Å². The minimum Gasteiger partial charge on any atom is -0.369 e. The average molecular weight is 539 g/mol. The normalized spacial score (nSPS) is 18.1. The summed E-state index contributed by atoms with van der Waals surface area (Å²) in [6.07, 6.45) is 7.65. The second kappa shape index (κ2) is 13.5. The molecular weight excluding hydrogens is 492 g/mol. The zero-order valence-electron chi connectivity index (χ0n) is 24.5. The fourth-order valence-electron chi connectivity index (χ4n) is 5.79. The molecule has 2 N–H and O–H groups in total. The number of H-pyrrole nitrogens is 1. The predicted octanol–water partition coefficient (Wildman–Crippen LogP) is 6.04. The Morgan fingerprint density at radius 3 is 2.29 bits per heavy atom. The van der Waals surface area contributed by atoms with Crippen molar-refractivity contribution in [3.8, 4) is 0 Å². The molecule has 0 bridgehead atoms. The number of nitrogens with zero attached hydrogens (tertiary/aromatic N) is 2. The monoisotopic (exact) mass is 538 g/mol. The summed E-state index contributed by atoms with van der Waals surface area (Å²) in [5.74, 6) is -0.142. The molecule has 6 nitrogen and oxygen atoms in total. The second-order valence-electron chi connectivity index (χ2n) is 10.7. The number of hydrogen-bond donors (Lipinski definition) is 2. The Morgan fingerprint density at radius 1 is 1.08 bits per heavy atom. The molecule has 3 rings (SSSR count). The zero-order chi connectivity index (χ0) is 28.0. The summed E-state index contributed by atoms with van der Waals surface area (Å²) in [5.41, 5.74) is 7.31. The number of anilines is 1. The highest BCUT2D eigenvalue weighted by Gasteiger charge is 2.28. The van der Waals surface area contributed by atoms with Gasteiger partial charge in [-0.05, 0) is 126 Å². The number of allylic oxidation sites excluding steroid dienone is 1. The van der Waals surface area contributed by atoms with Crippen LogP contribution in [0.2, 0.25) is 0 Å². The van der Waals surface area contributed by atoms with Gasteiger partial charge in [-0.25, -0.2) is 0 Å². The number of aryl methyl sites for hydroxylation is 2. The van der Waals surface area contributed by atoms with E-state index < -0.39 is 0 Å². The quantitative estimate of drug-likeness (QED) is 0.386. The van der Waals surface area contributed by atoms with Gasteiger partial charge in [0.1, 0.15) is 0 Å². The highest BCUT2D eigenvalue weighted by Crippen LogP contribution is 2.35. The minimum absolute atomic E-state index is 0.142. The molecule has 1 amide bonds. The predicted molar refractivity (Wildman–Crippen MR) is 163 cm³/mol. The van der Waals surface area contributed by atoms with Crippen LogP contribution in [0.25, 0.3) is 5.57 Å². The molecule has 1 aliphatic carbocycles. The number of aromatic nitrogens is 1. The van der Waals surface area contributed by atoms with E-state index in [1.54, 1.807) is 11.8 Å². The molecule has 0 atom stereocenters. The number of pyridine rings is 1. The van der Waals surface area contributed by atoms with Gasteiger partial charge in [0.2, 0.25) is 0 Å². The van der Waals surface area contributed by atoms with Gasteiger partial charge in [0.15, 0.2) is 0 Å². The van der Waals surface area contributed by atoms with Crippen molar-refractivity contribution in [2.75, 3.05) is 31.8 Å². The van der Waals surface area contributed by atoms with E-state index in [4.69, 9.17) is 0 Å². The van der Waals surface area contributed by atoms with Crippen molar-refractivity contribution in [2.24, 2.45) is 0 Å². The van der Waals surface area contributed by atoms with Gasteiger partial charge in [-0.1, -0.05) is 6.92 Å². The lowest BCUT2D eigenvalue weighted by atomic mass is 9.88. The van der Waals surface area contributed by atoms with Crippen LogP contribution in [0.1, 0.15) is 84.3 Å². The van der Waals surface area contributed by atoms with Crippen LogP contribution >= 0.6 is 11.8 Å². The standard InChI is InChI=1S/C31H46N4O2S/c1-9-23(19-38-8)24-16-27(30(36)32-18-28-20(3)15-21(4)33-31(28)37)22(5)29(17-24)35(10-2)26-13-11-25(12-14-26)34(6)7/h15-17,19,25-26H,9-14,18H2,1-8H3,(H,32,36)(H,33,37)/b23-19+. The summed E-state index contributed by atoms with van der Waals surface area (Å²) in [6, 6.07) is 7.36. The van der Waals surface area contributed by atoms with Gasteiger partial charge in [0.05, 0.1) is 0 Å². The smallest absolute Gasteiger partial charge is 0.253 e. The molecule has 1 aliphatic rings.